The molecule has 1 saturated carbocycles. The van der Waals surface area contributed by atoms with Crippen molar-refractivity contribution in [2.75, 3.05) is 13.1 Å². The minimum absolute atomic E-state index is 0.0908. The number of carbonyl (C=O) groups excluding carboxylic acids is 1. The number of hydrogen-bond acceptors (Lipinski definition) is 3. The van der Waals surface area contributed by atoms with E-state index < -0.39 is 15.4 Å². The van der Waals surface area contributed by atoms with Gasteiger partial charge >= 0.3 is 0 Å². The fourth-order valence-electron chi connectivity index (χ4n) is 3.16. The Morgan fingerprint density at radius 3 is 2.11 bits per heavy atom. The van der Waals surface area contributed by atoms with Gasteiger partial charge < -0.3 is 4.90 Å². The minimum Gasteiger partial charge on any atom is -0.342 e. The van der Waals surface area contributed by atoms with E-state index in [2.05, 4.69) is 0 Å². The quantitative estimate of drug-likeness (QED) is 0.787. The second-order valence-corrected chi connectivity index (χ2v) is 7.44. The Labute approximate surface area is 115 Å². The SMILES string of the molecule is O=C(C1CCC(S(=O)(=O)O)C1)N1CCCCCCC1. The van der Waals surface area contributed by atoms with Crippen molar-refractivity contribution >= 4 is 16.0 Å². The molecule has 1 heterocycles. The maximum atomic E-state index is 12.4. The smallest absolute Gasteiger partial charge is 0.267 e. The van der Waals surface area contributed by atoms with Gasteiger partial charge in [-0.3, -0.25) is 9.35 Å². The molecule has 2 fully saturated rings. The summed E-state index contributed by atoms with van der Waals surface area (Å²) in [6.07, 6.45) is 6.94. The molecule has 1 aliphatic heterocycles. The number of amides is 1. The number of likely N-dealkylation sites (tertiary alicyclic amines) is 1. The standard InChI is InChI=1S/C13H23NO4S/c15-13(14-8-4-2-1-3-5-9-14)11-6-7-12(10-11)19(16,17)18/h11-12H,1-10H2,(H,16,17,18). The highest BCUT2D eigenvalue weighted by molar-refractivity contribution is 7.86. The zero-order chi connectivity index (χ0) is 13.9. The normalized spacial score (nSPS) is 29.8. The maximum Gasteiger partial charge on any atom is 0.267 e. The summed E-state index contributed by atoms with van der Waals surface area (Å²) in [5.41, 5.74) is 0. The molecule has 2 unspecified atom stereocenters. The van der Waals surface area contributed by atoms with Gasteiger partial charge in [0.15, 0.2) is 0 Å². The van der Waals surface area contributed by atoms with E-state index in [4.69, 9.17) is 4.55 Å². The van der Waals surface area contributed by atoms with Crippen molar-refractivity contribution in [1.82, 2.24) is 4.90 Å². The third kappa shape index (κ3) is 3.92. The van der Waals surface area contributed by atoms with E-state index in [9.17, 15) is 13.2 Å². The van der Waals surface area contributed by atoms with E-state index in [1.54, 1.807) is 0 Å². The Hall–Kier alpha value is -0.620. The average molecular weight is 289 g/mol. The zero-order valence-corrected chi connectivity index (χ0v) is 12.1. The van der Waals surface area contributed by atoms with Crippen molar-refractivity contribution < 1.29 is 17.8 Å². The van der Waals surface area contributed by atoms with E-state index >= 15 is 0 Å². The van der Waals surface area contributed by atoms with Crippen molar-refractivity contribution in [3.05, 3.63) is 0 Å². The second-order valence-electron chi connectivity index (χ2n) is 5.74. The van der Waals surface area contributed by atoms with Gasteiger partial charge in [-0.05, 0) is 32.1 Å². The number of nitrogens with zero attached hydrogens (tertiary/aromatic N) is 1. The molecule has 0 bridgehead atoms. The van der Waals surface area contributed by atoms with Crippen LogP contribution in [0.5, 0.6) is 0 Å². The molecule has 1 amide bonds. The van der Waals surface area contributed by atoms with Gasteiger partial charge in [0.25, 0.3) is 10.1 Å². The van der Waals surface area contributed by atoms with Gasteiger partial charge in [-0.1, -0.05) is 19.3 Å². The third-order valence-corrected chi connectivity index (χ3v) is 5.59. The predicted molar refractivity (Wildman–Crippen MR) is 72.3 cm³/mol. The monoisotopic (exact) mass is 289 g/mol. The molecule has 1 aliphatic carbocycles. The predicted octanol–water partition coefficient (Wildman–Crippen LogP) is 1.84. The van der Waals surface area contributed by atoms with Crippen LogP contribution in [-0.4, -0.2) is 42.1 Å². The topological polar surface area (TPSA) is 74.7 Å². The first-order valence-corrected chi connectivity index (χ1v) is 8.74. The van der Waals surface area contributed by atoms with E-state index in [1.165, 1.54) is 19.3 Å². The fraction of sp³-hybridized carbons (Fsp3) is 0.923. The van der Waals surface area contributed by atoms with Gasteiger partial charge in [0, 0.05) is 19.0 Å². The maximum absolute atomic E-state index is 12.4. The lowest BCUT2D eigenvalue weighted by atomic mass is 10.0. The third-order valence-electron chi connectivity index (χ3n) is 4.32. The molecule has 0 spiro atoms. The molecule has 5 nitrogen and oxygen atoms in total. The summed E-state index contributed by atoms with van der Waals surface area (Å²) < 4.78 is 31.3. The first-order valence-electron chi connectivity index (χ1n) is 7.23. The van der Waals surface area contributed by atoms with E-state index in [-0.39, 0.29) is 18.2 Å². The summed E-state index contributed by atoms with van der Waals surface area (Å²) >= 11 is 0. The molecule has 0 radical (unpaired) electrons. The highest BCUT2D eigenvalue weighted by Crippen LogP contribution is 2.31. The molecular formula is C13H23NO4S. The van der Waals surface area contributed by atoms with Crippen molar-refractivity contribution in [3.8, 4) is 0 Å². The van der Waals surface area contributed by atoms with Crippen LogP contribution in [0.3, 0.4) is 0 Å². The van der Waals surface area contributed by atoms with Crippen LogP contribution >= 0.6 is 0 Å². The summed E-state index contributed by atoms with van der Waals surface area (Å²) in [6.45, 7) is 1.59. The number of hydrogen-bond donors (Lipinski definition) is 1. The molecule has 0 aromatic heterocycles. The molecule has 2 atom stereocenters. The zero-order valence-electron chi connectivity index (χ0n) is 11.3. The fourth-order valence-corrected chi connectivity index (χ4v) is 4.07. The highest BCUT2D eigenvalue weighted by Gasteiger charge is 2.38. The van der Waals surface area contributed by atoms with Crippen LogP contribution in [0.4, 0.5) is 0 Å². The Morgan fingerprint density at radius 2 is 1.58 bits per heavy atom. The second kappa shape index (κ2) is 6.22. The summed E-state index contributed by atoms with van der Waals surface area (Å²) in [4.78, 5) is 14.3. The summed E-state index contributed by atoms with van der Waals surface area (Å²) in [7, 11) is -3.98. The van der Waals surface area contributed by atoms with Crippen molar-refractivity contribution in [2.24, 2.45) is 5.92 Å². The van der Waals surface area contributed by atoms with Crippen LogP contribution in [-0.2, 0) is 14.9 Å². The van der Waals surface area contributed by atoms with Gasteiger partial charge in [0.1, 0.15) is 0 Å². The lowest BCUT2D eigenvalue weighted by Gasteiger charge is -2.27. The molecule has 2 rings (SSSR count). The van der Waals surface area contributed by atoms with Crippen molar-refractivity contribution in [1.29, 1.82) is 0 Å². The van der Waals surface area contributed by atoms with E-state index in [1.807, 2.05) is 4.90 Å². The highest BCUT2D eigenvalue weighted by atomic mass is 32.2. The number of rotatable bonds is 2. The van der Waals surface area contributed by atoms with E-state index in [0.717, 1.165) is 25.9 Å². The molecular weight excluding hydrogens is 266 g/mol. The Balaban J connectivity index is 1.92. The van der Waals surface area contributed by atoms with Crippen molar-refractivity contribution in [2.45, 2.75) is 56.6 Å². The van der Waals surface area contributed by atoms with Crippen LogP contribution in [0.15, 0.2) is 0 Å². The van der Waals surface area contributed by atoms with Crippen LogP contribution in [0.25, 0.3) is 0 Å². The van der Waals surface area contributed by atoms with Crippen LogP contribution in [0.2, 0.25) is 0 Å². The molecule has 110 valence electrons. The first kappa shape index (κ1) is 14.8. The molecule has 6 heteroatoms. The Kier molecular flexibility index (Phi) is 4.84. The Bertz CT molecular complexity index is 412. The Morgan fingerprint density at radius 1 is 1.00 bits per heavy atom. The van der Waals surface area contributed by atoms with Gasteiger partial charge in [-0.2, -0.15) is 8.42 Å². The first-order chi connectivity index (χ1) is 8.98. The minimum atomic E-state index is -3.98. The lowest BCUT2D eigenvalue weighted by molar-refractivity contribution is -0.135. The molecule has 1 saturated heterocycles. The summed E-state index contributed by atoms with van der Waals surface area (Å²) in [5.74, 6) is -0.126. The van der Waals surface area contributed by atoms with Crippen LogP contribution in [0, 0.1) is 5.92 Å². The van der Waals surface area contributed by atoms with Gasteiger partial charge in [0.2, 0.25) is 5.91 Å². The molecule has 19 heavy (non-hydrogen) atoms. The summed E-state index contributed by atoms with van der Waals surface area (Å²) in [6, 6.07) is 0. The largest absolute Gasteiger partial charge is 0.342 e. The van der Waals surface area contributed by atoms with Crippen LogP contribution < -0.4 is 0 Å². The lowest BCUT2D eigenvalue weighted by Crippen LogP contribution is -2.37. The van der Waals surface area contributed by atoms with Crippen LogP contribution in [0.1, 0.15) is 51.4 Å². The van der Waals surface area contributed by atoms with E-state index in [0.29, 0.717) is 12.8 Å². The van der Waals surface area contributed by atoms with Crippen molar-refractivity contribution in [3.63, 3.8) is 0 Å². The van der Waals surface area contributed by atoms with Gasteiger partial charge in [0.05, 0.1) is 5.25 Å². The average Bonchev–Trinajstić information content (AvgIpc) is 2.76. The van der Waals surface area contributed by atoms with Gasteiger partial charge in [-0.25, -0.2) is 0 Å². The molecule has 0 aromatic rings. The van der Waals surface area contributed by atoms with Gasteiger partial charge in [-0.15, -0.1) is 0 Å². The summed E-state index contributed by atoms with van der Waals surface area (Å²) in [5, 5.41) is -0.740. The number of carbonyl (C=O) groups is 1. The molecule has 2 aliphatic rings. The molecule has 1 N–H and O–H groups in total. The molecule has 0 aromatic carbocycles.